The van der Waals surface area contributed by atoms with E-state index in [4.69, 9.17) is 9.47 Å². The van der Waals surface area contributed by atoms with Gasteiger partial charge in [0.1, 0.15) is 5.75 Å². The van der Waals surface area contributed by atoms with Crippen LogP contribution in [0.25, 0.3) is 6.08 Å². The summed E-state index contributed by atoms with van der Waals surface area (Å²) in [6.45, 7) is 7.96. The number of ether oxygens (including phenoxy) is 2. The van der Waals surface area contributed by atoms with Crippen molar-refractivity contribution in [2.45, 2.75) is 13.8 Å². The molecule has 32 heavy (non-hydrogen) atoms. The fourth-order valence-corrected chi connectivity index (χ4v) is 2.83. The van der Waals surface area contributed by atoms with Gasteiger partial charge in [-0.05, 0) is 49.8 Å². The first-order valence-corrected chi connectivity index (χ1v) is 10.2. The van der Waals surface area contributed by atoms with Crippen molar-refractivity contribution in [3.8, 4) is 5.75 Å². The molecule has 2 amide bonds. The number of nitrogens with one attached hydrogen (secondary N) is 1. The minimum atomic E-state index is -0.695. The Hall–Kier alpha value is -3.87. The first kappa shape index (κ1) is 24.4. The van der Waals surface area contributed by atoms with Gasteiger partial charge in [-0.1, -0.05) is 36.4 Å². The van der Waals surface area contributed by atoms with Gasteiger partial charge in [-0.3, -0.25) is 9.59 Å². The lowest BCUT2D eigenvalue weighted by atomic mass is 10.1. The van der Waals surface area contributed by atoms with E-state index in [1.54, 1.807) is 48.4 Å². The molecule has 1 N–H and O–H groups in total. The van der Waals surface area contributed by atoms with Gasteiger partial charge in [0, 0.05) is 19.2 Å². The van der Waals surface area contributed by atoms with Crippen LogP contribution in [0.2, 0.25) is 0 Å². The first-order valence-electron chi connectivity index (χ1n) is 10.2. The maximum Gasteiger partial charge on any atom is 0.340 e. The number of hydrogen-bond acceptors (Lipinski definition) is 5. The lowest BCUT2D eigenvalue weighted by molar-refractivity contribution is -0.133. The van der Waals surface area contributed by atoms with Gasteiger partial charge in [0.15, 0.2) is 6.61 Å². The summed E-state index contributed by atoms with van der Waals surface area (Å²) in [6, 6.07) is 13.7. The van der Waals surface area contributed by atoms with E-state index in [2.05, 4.69) is 11.9 Å². The van der Waals surface area contributed by atoms with E-state index < -0.39 is 11.9 Å². The third-order valence-electron chi connectivity index (χ3n) is 4.47. The molecule has 0 aliphatic carbocycles. The van der Waals surface area contributed by atoms with Crippen LogP contribution >= 0.6 is 0 Å². The number of esters is 1. The highest BCUT2D eigenvalue weighted by Crippen LogP contribution is 2.17. The Balaban J connectivity index is 2.00. The Morgan fingerprint density at radius 3 is 2.41 bits per heavy atom. The molecule has 0 radical (unpaired) electrons. The number of nitrogens with zero attached hydrogens (tertiary/aromatic N) is 1. The molecule has 0 aromatic heterocycles. The SMILES string of the molecule is C=C(C)CN(CC)C(=O)COC(=O)c1ccccc1NC(=O)/C=C/c1ccc(OC)cc1. The number of carbonyl (C=O) groups excluding carboxylic acids is 3. The number of carbonyl (C=O) groups is 3. The molecule has 7 nitrogen and oxygen atoms in total. The van der Waals surface area contributed by atoms with Crippen LogP contribution in [-0.4, -0.2) is 49.5 Å². The summed E-state index contributed by atoms with van der Waals surface area (Å²) in [5.41, 5.74) is 2.11. The van der Waals surface area contributed by atoms with Crippen molar-refractivity contribution >= 4 is 29.5 Å². The summed E-state index contributed by atoms with van der Waals surface area (Å²) in [5, 5.41) is 2.67. The number of benzene rings is 2. The van der Waals surface area contributed by atoms with Crippen LogP contribution in [0.5, 0.6) is 5.75 Å². The predicted molar refractivity (Wildman–Crippen MR) is 124 cm³/mol. The zero-order valence-corrected chi connectivity index (χ0v) is 18.6. The first-order chi connectivity index (χ1) is 15.3. The molecule has 0 fully saturated rings. The molecular formula is C25H28N2O5. The van der Waals surface area contributed by atoms with Crippen molar-refractivity contribution < 1.29 is 23.9 Å². The highest BCUT2D eigenvalue weighted by atomic mass is 16.5. The van der Waals surface area contributed by atoms with E-state index in [1.807, 2.05) is 26.0 Å². The molecule has 2 aromatic rings. The van der Waals surface area contributed by atoms with Gasteiger partial charge in [-0.15, -0.1) is 0 Å². The third kappa shape index (κ3) is 7.43. The molecule has 2 rings (SSSR count). The second-order valence-electron chi connectivity index (χ2n) is 7.08. The van der Waals surface area contributed by atoms with Crippen LogP contribution in [-0.2, 0) is 14.3 Å². The van der Waals surface area contributed by atoms with Crippen LogP contribution in [0.3, 0.4) is 0 Å². The smallest absolute Gasteiger partial charge is 0.340 e. The third-order valence-corrected chi connectivity index (χ3v) is 4.47. The lowest BCUT2D eigenvalue weighted by Gasteiger charge is -2.20. The molecule has 0 unspecified atom stereocenters. The van der Waals surface area contributed by atoms with Crippen LogP contribution in [0.1, 0.15) is 29.8 Å². The fourth-order valence-electron chi connectivity index (χ4n) is 2.83. The van der Waals surface area contributed by atoms with Crippen molar-refractivity contribution in [2.75, 3.05) is 32.1 Å². The highest BCUT2D eigenvalue weighted by Gasteiger charge is 2.18. The van der Waals surface area contributed by atoms with Gasteiger partial charge < -0.3 is 19.7 Å². The summed E-state index contributed by atoms with van der Waals surface area (Å²) < 4.78 is 10.3. The number of hydrogen-bond donors (Lipinski definition) is 1. The molecule has 0 spiro atoms. The molecule has 0 atom stereocenters. The molecule has 0 heterocycles. The predicted octanol–water partition coefficient (Wildman–Crippen LogP) is 3.93. The average molecular weight is 437 g/mol. The molecule has 0 saturated carbocycles. The van der Waals surface area contributed by atoms with Crippen LogP contribution < -0.4 is 10.1 Å². The number of rotatable bonds is 10. The standard InChI is InChI=1S/C25H28N2O5/c1-5-27(16-18(2)3)24(29)17-32-25(30)21-8-6-7-9-22(21)26-23(28)15-12-19-10-13-20(31-4)14-11-19/h6-15H,2,5,16-17H2,1,3-4H3,(H,26,28)/b15-12+. The van der Waals surface area contributed by atoms with Gasteiger partial charge >= 0.3 is 5.97 Å². The molecular weight excluding hydrogens is 408 g/mol. The monoisotopic (exact) mass is 436 g/mol. The summed E-state index contributed by atoms with van der Waals surface area (Å²) in [4.78, 5) is 38.7. The zero-order chi connectivity index (χ0) is 23.5. The molecule has 168 valence electrons. The Bertz CT molecular complexity index is 996. The fraction of sp³-hybridized carbons (Fsp3) is 0.240. The van der Waals surface area contributed by atoms with Crippen molar-refractivity contribution in [1.82, 2.24) is 4.90 Å². The van der Waals surface area contributed by atoms with Gasteiger partial charge in [-0.25, -0.2) is 4.79 Å². The molecule has 0 aliphatic heterocycles. The molecule has 7 heteroatoms. The van der Waals surface area contributed by atoms with Crippen molar-refractivity contribution in [1.29, 1.82) is 0 Å². The van der Waals surface area contributed by atoms with Gasteiger partial charge in [0.25, 0.3) is 5.91 Å². The second-order valence-corrected chi connectivity index (χ2v) is 7.08. The average Bonchev–Trinajstić information content (AvgIpc) is 2.80. The molecule has 2 aromatic carbocycles. The van der Waals surface area contributed by atoms with E-state index >= 15 is 0 Å². The number of methoxy groups -OCH3 is 1. The van der Waals surface area contributed by atoms with E-state index in [0.29, 0.717) is 18.8 Å². The Kier molecular flexibility index (Phi) is 9.22. The summed E-state index contributed by atoms with van der Waals surface area (Å²) in [6.07, 6.45) is 3.01. The van der Waals surface area contributed by atoms with Gasteiger partial charge in [0.2, 0.25) is 5.91 Å². The number of likely N-dealkylation sites (N-methyl/N-ethyl adjacent to an activating group) is 1. The van der Waals surface area contributed by atoms with E-state index in [9.17, 15) is 14.4 Å². The molecule has 0 bridgehead atoms. The largest absolute Gasteiger partial charge is 0.497 e. The van der Waals surface area contributed by atoms with Crippen LogP contribution in [0, 0.1) is 0 Å². The van der Waals surface area contributed by atoms with Gasteiger partial charge in [0.05, 0.1) is 18.4 Å². The van der Waals surface area contributed by atoms with E-state index in [1.165, 1.54) is 12.1 Å². The van der Waals surface area contributed by atoms with Crippen molar-refractivity contribution in [3.05, 3.63) is 77.9 Å². The highest BCUT2D eigenvalue weighted by molar-refractivity contribution is 6.06. The number of amides is 2. The Morgan fingerprint density at radius 2 is 1.78 bits per heavy atom. The summed E-state index contributed by atoms with van der Waals surface area (Å²) in [7, 11) is 1.58. The number of anilines is 1. The minimum Gasteiger partial charge on any atom is -0.497 e. The lowest BCUT2D eigenvalue weighted by Crippen LogP contribution is -2.35. The zero-order valence-electron chi connectivity index (χ0n) is 18.6. The van der Waals surface area contributed by atoms with Gasteiger partial charge in [-0.2, -0.15) is 0 Å². The molecule has 0 aliphatic rings. The van der Waals surface area contributed by atoms with Crippen molar-refractivity contribution in [3.63, 3.8) is 0 Å². The molecule has 0 saturated heterocycles. The Labute approximate surface area is 188 Å². The summed E-state index contributed by atoms with van der Waals surface area (Å²) in [5.74, 6) is -0.692. The second kappa shape index (κ2) is 12.1. The van der Waals surface area contributed by atoms with Crippen molar-refractivity contribution in [2.24, 2.45) is 0 Å². The van der Waals surface area contributed by atoms with E-state index in [0.717, 1.165) is 16.9 Å². The van der Waals surface area contributed by atoms with E-state index in [-0.39, 0.29) is 18.1 Å². The normalized spacial score (nSPS) is 10.5. The maximum absolute atomic E-state index is 12.5. The quantitative estimate of drug-likeness (QED) is 0.347. The maximum atomic E-state index is 12.5. The minimum absolute atomic E-state index is 0.162. The van der Waals surface area contributed by atoms with Crippen LogP contribution in [0.15, 0.2) is 66.8 Å². The Morgan fingerprint density at radius 1 is 1.09 bits per heavy atom. The van der Waals surface area contributed by atoms with Crippen LogP contribution in [0.4, 0.5) is 5.69 Å². The number of para-hydroxylation sites is 1. The topological polar surface area (TPSA) is 84.9 Å². The summed E-state index contributed by atoms with van der Waals surface area (Å²) >= 11 is 0.